The van der Waals surface area contributed by atoms with Crippen LogP contribution in [-0.4, -0.2) is 71.4 Å². The van der Waals surface area contributed by atoms with Gasteiger partial charge in [0.2, 0.25) is 0 Å². The second-order valence-corrected chi connectivity index (χ2v) is 11.6. The highest BCUT2D eigenvalue weighted by atomic mass is 16.3. The lowest BCUT2D eigenvalue weighted by Crippen LogP contribution is -2.47. The van der Waals surface area contributed by atoms with E-state index in [1.165, 1.54) is 17.5 Å². The molecule has 10 nitrogen and oxygen atoms in total. The predicted octanol–water partition coefficient (Wildman–Crippen LogP) is 3.30. The van der Waals surface area contributed by atoms with Crippen LogP contribution in [0.3, 0.4) is 0 Å². The summed E-state index contributed by atoms with van der Waals surface area (Å²) in [6, 6.07) is 13.1. The lowest BCUT2D eigenvalue weighted by atomic mass is 10.1. The Morgan fingerprint density at radius 3 is 2.32 bits per heavy atom. The lowest BCUT2D eigenvalue weighted by Gasteiger charge is -2.38. The smallest absolute Gasteiger partial charge is 0.277 e. The number of carbonyl (C=O) groups is 2. The highest BCUT2D eigenvalue weighted by molar-refractivity contribution is 6.06. The van der Waals surface area contributed by atoms with Crippen molar-refractivity contribution in [2.45, 2.75) is 57.3 Å². The first-order chi connectivity index (χ1) is 19.8. The van der Waals surface area contributed by atoms with E-state index in [2.05, 4.69) is 50.5 Å². The van der Waals surface area contributed by atoms with E-state index in [1.807, 2.05) is 19.1 Å². The van der Waals surface area contributed by atoms with Gasteiger partial charge in [0.05, 0.1) is 23.5 Å². The van der Waals surface area contributed by atoms with Crippen LogP contribution >= 0.6 is 0 Å². The molecule has 0 unspecified atom stereocenters. The van der Waals surface area contributed by atoms with Gasteiger partial charge in [-0.15, -0.1) is 0 Å². The minimum atomic E-state index is -1.02. The van der Waals surface area contributed by atoms with Gasteiger partial charge < -0.3 is 35.1 Å². The summed E-state index contributed by atoms with van der Waals surface area (Å²) < 4.78 is 5.52. The van der Waals surface area contributed by atoms with Crippen molar-refractivity contribution in [3.05, 3.63) is 71.4 Å². The predicted molar refractivity (Wildman–Crippen MR) is 156 cm³/mol. The summed E-state index contributed by atoms with van der Waals surface area (Å²) in [4.78, 5) is 35.4. The van der Waals surface area contributed by atoms with Gasteiger partial charge in [-0.1, -0.05) is 25.1 Å². The molecule has 2 aromatic carbocycles. The normalized spacial score (nSPS) is 24.4. The van der Waals surface area contributed by atoms with Gasteiger partial charge in [0.15, 0.2) is 11.6 Å². The van der Waals surface area contributed by atoms with Crippen LogP contribution in [0.25, 0.3) is 0 Å². The van der Waals surface area contributed by atoms with Crippen molar-refractivity contribution in [3.63, 3.8) is 0 Å². The Morgan fingerprint density at radius 2 is 1.66 bits per heavy atom. The summed E-state index contributed by atoms with van der Waals surface area (Å²) in [6.45, 7) is 7.07. The summed E-state index contributed by atoms with van der Waals surface area (Å²) in [5.74, 6) is -0.0209. The van der Waals surface area contributed by atoms with E-state index in [0.29, 0.717) is 23.6 Å². The summed E-state index contributed by atoms with van der Waals surface area (Å²) in [6.07, 6.45) is 2.00. The van der Waals surface area contributed by atoms with Crippen LogP contribution in [0.2, 0.25) is 0 Å². The molecule has 2 amide bonds. The van der Waals surface area contributed by atoms with Crippen LogP contribution < -0.4 is 20.4 Å². The van der Waals surface area contributed by atoms with E-state index < -0.39 is 24.2 Å². The Kier molecular flexibility index (Phi) is 7.44. The van der Waals surface area contributed by atoms with Gasteiger partial charge in [-0.2, -0.15) is 0 Å². The van der Waals surface area contributed by atoms with E-state index in [1.54, 1.807) is 12.1 Å². The fourth-order valence-electron chi connectivity index (χ4n) is 5.91. The maximum absolute atomic E-state index is 13.2. The topological polar surface area (TPSA) is 131 Å². The van der Waals surface area contributed by atoms with Crippen molar-refractivity contribution in [1.82, 2.24) is 10.3 Å². The molecule has 3 aromatic rings. The van der Waals surface area contributed by atoms with Gasteiger partial charge >= 0.3 is 0 Å². The van der Waals surface area contributed by atoms with Gasteiger partial charge in [-0.05, 0) is 61.9 Å². The number of piperazine rings is 1. The zero-order chi connectivity index (χ0) is 28.7. The van der Waals surface area contributed by atoms with Gasteiger partial charge in [0, 0.05) is 43.3 Å². The SMILES string of the molecule is Cc1ccccc1N1CCN(c2ccc(C(=O)N[C@@H]3C[C@H](C)[C@@H](O)[C@H]3O)cc2NC(=O)c2coc(C3CC3)n2)CC1. The number of rotatable bonds is 7. The molecule has 1 saturated heterocycles. The Labute approximate surface area is 239 Å². The first kappa shape index (κ1) is 27.3. The molecule has 4 N–H and O–H groups in total. The van der Waals surface area contributed by atoms with Crippen LogP contribution in [-0.2, 0) is 0 Å². The molecule has 1 aromatic heterocycles. The van der Waals surface area contributed by atoms with Crippen LogP contribution in [0.15, 0.2) is 53.1 Å². The summed E-state index contributed by atoms with van der Waals surface area (Å²) >= 11 is 0. The largest absolute Gasteiger partial charge is 0.448 e. The molecular weight excluding hydrogens is 522 g/mol. The quantitative estimate of drug-likeness (QED) is 0.347. The first-order valence-corrected chi connectivity index (χ1v) is 14.4. The number of carbonyl (C=O) groups excluding carboxylic acids is 2. The number of aromatic nitrogens is 1. The number of aliphatic hydroxyl groups is 2. The average molecular weight is 560 g/mol. The number of aryl methyl sites for hydroxylation is 1. The highest BCUT2D eigenvalue weighted by Gasteiger charge is 2.40. The lowest BCUT2D eigenvalue weighted by molar-refractivity contribution is 0.0145. The van der Waals surface area contributed by atoms with Crippen LogP contribution in [0.4, 0.5) is 17.1 Å². The molecule has 2 saturated carbocycles. The summed E-state index contributed by atoms with van der Waals surface area (Å²) in [5.41, 5.74) is 4.32. The Morgan fingerprint density at radius 1 is 0.951 bits per heavy atom. The fourth-order valence-corrected chi connectivity index (χ4v) is 5.91. The monoisotopic (exact) mass is 559 g/mol. The molecular formula is C31H37N5O5. The highest BCUT2D eigenvalue weighted by Crippen LogP contribution is 2.39. The molecule has 10 heteroatoms. The van der Waals surface area contributed by atoms with Crippen LogP contribution in [0, 0.1) is 12.8 Å². The molecule has 41 heavy (non-hydrogen) atoms. The van der Waals surface area contributed by atoms with Crippen molar-refractivity contribution < 1.29 is 24.2 Å². The number of nitrogens with one attached hydrogen (secondary N) is 2. The second-order valence-electron chi connectivity index (χ2n) is 11.6. The molecule has 0 spiro atoms. The molecule has 0 radical (unpaired) electrons. The Balaban J connectivity index is 1.22. The standard InChI is InChI=1S/C31H37N5O5/c1-18-5-3-4-6-25(18)35-11-13-36(14-12-35)26-10-9-21(29(39)33-23-15-19(2)27(37)28(23)38)16-22(26)32-30(40)24-17-41-31(34-24)20-7-8-20/h3-6,9-10,16-17,19-20,23,27-28,37-38H,7-8,11-15H2,1-2H3,(H,32,40)(H,33,39)/t19-,23+,27+,28-/m0/s1. The molecule has 0 bridgehead atoms. The van der Waals surface area contributed by atoms with E-state index in [4.69, 9.17) is 4.42 Å². The van der Waals surface area contributed by atoms with Gasteiger partial charge in [0.25, 0.3) is 11.8 Å². The molecule has 1 aliphatic heterocycles. The number of para-hydroxylation sites is 1. The molecule has 2 heterocycles. The third-order valence-electron chi connectivity index (χ3n) is 8.55. The van der Waals surface area contributed by atoms with Crippen molar-refractivity contribution in [2.24, 2.45) is 5.92 Å². The molecule has 3 aliphatic rings. The Hall–Kier alpha value is -3.89. The van der Waals surface area contributed by atoms with E-state index in [9.17, 15) is 19.8 Å². The third-order valence-corrected chi connectivity index (χ3v) is 8.55. The number of anilines is 3. The maximum Gasteiger partial charge on any atom is 0.277 e. The number of hydrogen-bond acceptors (Lipinski definition) is 8. The Bertz CT molecular complexity index is 1430. The summed E-state index contributed by atoms with van der Waals surface area (Å²) in [5, 5.41) is 26.3. The first-order valence-electron chi connectivity index (χ1n) is 14.4. The number of oxazole rings is 1. The van der Waals surface area contributed by atoms with Gasteiger partial charge in [0.1, 0.15) is 12.4 Å². The zero-order valence-corrected chi connectivity index (χ0v) is 23.4. The van der Waals surface area contributed by atoms with Crippen molar-refractivity contribution in [3.8, 4) is 0 Å². The van der Waals surface area contributed by atoms with Crippen LogP contribution in [0.5, 0.6) is 0 Å². The number of nitrogens with zero attached hydrogens (tertiary/aromatic N) is 3. The minimum Gasteiger partial charge on any atom is -0.448 e. The second kappa shape index (κ2) is 11.2. The fraction of sp³-hybridized carbons (Fsp3) is 0.452. The molecule has 6 rings (SSSR count). The number of benzene rings is 2. The number of aliphatic hydroxyl groups excluding tert-OH is 2. The third kappa shape index (κ3) is 5.67. The van der Waals surface area contributed by atoms with Crippen molar-refractivity contribution >= 4 is 28.9 Å². The van der Waals surface area contributed by atoms with E-state index >= 15 is 0 Å². The van der Waals surface area contributed by atoms with E-state index in [-0.39, 0.29) is 23.4 Å². The van der Waals surface area contributed by atoms with E-state index in [0.717, 1.165) is 44.7 Å². The minimum absolute atomic E-state index is 0.117. The molecule has 3 fully saturated rings. The number of hydrogen-bond donors (Lipinski definition) is 4. The maximum atomic E-state index is 13.2. The molecule has 4 atom stereocenters. The van der Waals surface area contributed by atoms with Gasteiger partial charge in [-0.25, -0.2) is 4.98 Å². The zero-order valence-electron chi connectivity index (χ0n) is 23.4. The van der Waals surface area contributed by atoms with Crippen molar-refractivity contribution in [2.75, 3.05) is 41.3 Å². The number of amides is 2. The van der Waals surface area contributed by atoms with Crippen LogP contribution in [0.1, 0.15) is 64.4 Å². The average Bonchev–Trinajstić information content (AvgIpc) is 3.66. The molecule has 2 aliphatic carbocycles. The van der Waals surface area contributed by atoms with Crippen molar-refractivity contribution in [1.29, 1.82) is 0 Å². The van der Waals surface area contributed by atoms with Gasteiger partial charge in [-0.3, -0.25) is 9.59 Å². The molecule has 216 valence electrons. The summed E-state index contributed by atoms with van der Waals surface area (Å²) in [7, 11) is 0.